The van der Waals surface area contributed by atoms with Gasteiger partial charge in [-0.15, -0.1) is 0 Å². The summed E-state index contributed by atoms with van der Waals surface area (Å²) in [6, 6.07) is 17.9. The minimum Gasteiger partial charge on any atom is -0.480 e. The van der Waals surface area contributed by atoms with Crippen molar-refractivity contribution in [3.63, 3.8) is 0 Å². The van der Waals surface area contributed by atoms with Crippen LogP contribution in [0, 0.1) is 0 Å². The van der Waals surface area contributed by atoms with Gasteiger partial charge in [0.15, 0.2) is 0 Å². The molecule has 0 aliphatic carbocycles. The van der Waals surface area contributed by atoms with Crippen molar-refractivity contribution >= 4 is 11.7 Å². The first-order valence-electron chi connectivity index (χ1n) is 5.83. The highest BCUT2D eigenvalue weighted by atomic mass is 16.4. The smallest absolute Gasteiger partial charge is 0.322 e. The topological polar surface area (TPSA) is 49.3 Å². The van der Waals surface area contributed by atoms with Crippen LogP contribution >= 0.6 is 0 Å². The highest BCUT2D eigenvalue weighted by Crippen LogP contribution is 2.18. The molecule has 0 heterocycles. The van der Waals surface area contributed by atoms with Crippen LogP contribution in [0.25, 0.3) is 0 Å². The van der Waals surface area contributed by atoms with E-state index in [0.717, 1.165) is 17.7 Å². The molecule has 0 unspecified atom stereocenters. The van der Waals surface area contributed by atoms with Crippen molar-refractivity contribution in [2.24, 2.45) is 0 Å². The van der Waals surface area contributed by atoms with Crippen LogP contribution in [-0.4, -0.2) is 17.6 Å². The maximum absolute atomic E-state index is 10.6. The number of carboxylic acids is 1. The number of para-hydroxylation sites is 1. The van der Waals surface area contributed by atoms with Gasteiger partial charge in [-0.25, -0.2) is 0 Å². The summed E-state index contributed by atoms with van der Waals surface area (Å²) in [5, 5.41) is 11.6. The first-order valence-corrected chi connectivity index (χ1v) is 5.83. The Balaban J connectivity index is 2.14. The lowest BCUT2D eigenvalue weighted by molar-refractivity contribution is -0.134. The second-order valence-corrected chi connectivity index (χ2v) is 4.07. The van der Waals surface area contributed by atoms with Gasteiger partial charge in [-0.05, 0) is 23.6 Å². The van der Waals surface area contributed by atoms with Gasteiger partial charge >= 0.3 is 5.97 Å². The third kappa shape index (κ3) is 3.35. The number of hydrogen-bond acceptors (Lipinski definition) is 2. The second-order valence-electron chi connectivity index (χ2n) is 4.07. The molecule has 0 aliphatic heterocycles. The van der Waals surface area contributed by atoms with Crippen LogP contribution in [0.15, 0.2) is 54.6 Å². The van der Waals surface area contributed by atoms with Crippen LogP contribution in [0.3, 0.4) is 0 Å². The molecular weight excluding hydrogens is 226 g/mol. The van der Waals surface area contributed by atoms with Crippen LogP contribution in [0.2, 0.25) is 0 Å². The largest absolute Gasteiger partial charge is 0.480 e. The Hall–Kier alpha value is -2.29. The summed E-state index contributed by atoms with van der Waals surface area (Å²) in [6.45, 7) is -0.0637. The van der Waals surface area contributed by atoms with Gasteiger partial charge in [0, 0.05) is 5.69 Å². The molecule has 0 fully saturated rings. The minimum absolute atomic E-state index is 0.0637. The Morgan fingerprint density at radius 1 is 1.00 bits per heavy atom. The van der Waals surface area contributed by atoms with Crippen LogP contribution in [0.1, 0.15) is 11.1 Å². The van der Waals surface area contributed by atoms with Crippen molar-refractivity contribution in [2.45, 2.75) is 6.42 Å². The quantitative estimate of drug-likeness (QED) is 0.846. The maximum atomic E-state index is 10.6. The van der Waals surface area contributed by atoms with E-state index in [2.05, 4.69) is 17.4 Å². The van der Waals surface area contributed by atoms with E-state index >= 15 is 0 Å². The maximum Gasteiger partial charge on any atom is 0.322 e. The lowest BCUT2D eigenvalue weighted by Gasteiger charge is -2.10. The molecule has 3 nitrogen and oxygen atoms in total. The minimum atomic E-state index is -0.857. The van der Waals surface area contributed by atoms with Gasteiger partial charge in [0.05, 0.1) is 0 Å². The highest BCUT2D eigenvalue weighted by molar-refractivity contribution is 5.73. The van der Waals surface area contributed by atoms with Gasteiger partial charge in [-0.3, -0.25) is 4.79 Å². The monoisotopic (exact) mass is 241 g/mol. The van der Waals surface area contributed by atoms with Crippen LogP contribution in [0.4, 0.5) is 5.69 Å². The lowest BCUT2D eigenvalue weighted by atomic mass is 10.0. The fourth-order valence-electron chi connectivity index (χ4n) is 1.83. The Bertz CT molecular complexity index is 523. The zero-order valence-electron chi connectivity index (χ0n) is 9.97. The summed E-state index contributed by atoms with van der Waals surface area (Å²) in [7, 11) is 0. The van der Waals surface area contributed by atoms with Gasteiger partial charge in [-0.1, -0.05) is 48.5 Å². The molecule has 2 aromatic rings. The second kappa shape index (κ2) is 5.87. The van der Waals surface area contributed by atoms with Gasteiger partial charge in [0.2, 0.25) is 0 Å². The third-order valence-corrected chi connectivity index (χ3v) is 2.68. The predicted octanol–water partition coefficient (Wildman–Crippen LogP) is 2.77. The molecule has 0 radical (unpaired) electrons. The molecule has 92 valence electrons. The summed E-state index contributed by atoms with van der Waals surface area (Å²) in [6.07, 6.45) is 0.795. The van der Waals surface area contributed by atoms with Crippen molar-refractivity contribution < 1.29 is 9.90 Å². The molecule has 0 saturated heterocycles. The summed E-state index contributed by atoms with van der Waals surface area (Å²) in [5.41, 5.74) is 3.19. The Labute approximate surface area is 106 Å². The van der Waals surface area contributed by atoms with Crippen LogP contribution in [0.5, 0.6) is 0 Å². The summed E-state index contributed by atoms with van der Waals surface area (Å²) in [5.74, 6) is -0.857. The molecule has 0 aliphatic rings. The van der Waals surface area contributed by atoms with Crippen LogP contribution in [-0.2, 0) is 11.2 Å². The molecule has 2 rings (SSSR count). The zero-order valence-corrected chi connectivity index (χ0v) is 9.97. The first-order chi connectivity index (χ1) is 8.75. The molecule has 0 spiro atoms. The number of nitrogens with one attached hydrogen (secondary N) is 1. The fourth-order valence-corrected chi connectivity index (χ4v) is 1.83. The van der Waals surface area contributed by atoms with E-state index in [4.69, 9.17) is 5.11 Å². The van der Waals surface area contributed by atoms with E-state index in [9.17, 15) is 4.79 Å². The predicted molar refractivity (Wildman–Crippen MR) is 71.8 cm³/mol. The van der Waals surface area contributed by atoms with Crippen molar-refractivity contribution in [1.82, 2.24) is 0 Å². The number of carboxylic acid groups (broad SMARTS) is 1. The Kier molecular flexibility index (Phi) is 3.97. The molecule has 3 heteroatoms. The SMILES string of the molecule is O=C(O)CNc1ccccc1Cc1ccccc1. The molecule has 2 aromatic carbocycles. The normalized spacial score (nSPS) is 10.0. The van der Waals surface area contributed by atoms with E-state index in [0.29, 0.717) is 0 Å². The summed E-state index contributed by atoms with van der Waals surface area (Å²) < 4.78 is 0. The van der Waals surface area contributed by atoms with Gasteiger partial charge < -0.3 is 10.4 Å². The van der Waals surface area contributed by atoms with E-state index in [1.807, 2.05) is 42.5 Å². The Morgan fingerprint density at radius 3 is 2.39 bits per heavy atom. The number of anilines is 1. The van der Waals surface area contributed by atoms with Crippen molar-refractivity contribution in [2.75, 3.05) is 11.9 Å². The van der Waals surface area contributed by atoms with E-state index in [1.165, 1.54) is 5.56 Å². The van der Waals surface area contributed by atoms with Crippen molar-refractivity contribution in [3.8, 4) is 0 Å². The number of aliphatic carboxylic acids is 1. The molecule has 0 amide bonds. The fraction of sp³-hybridized carbons (Fsp3) is 0.133. The molecule has 0 aromatic heterocycles. The lowest BCUT2D eigenvalue weighted by Crippen LogP contribution is -2.13. The molecule has 0 bridgehead atoms. The van der Waals surface area contributed by atoms with E-state index in [-0.39, 0.29) is 6.54 Å². The van der Waals surface area contributed by atoms with Crippen LogP contribution < -0.4 is 5.32 Å². The van der Waals surface area contributed by atoms with Crippen molar-refractivity contribution in [3.05, 3.63) is 65.7 Å². The third-order valence-electron chi connectivity index (χ3n) is 2.68. The molecule has 0 saturated carbocycles. The molecular formula is C15H15NO2. The average Bonchev–Trinajstić information content (AvgIpc) is 2.39. The zero-order chi connectivity index (χ0) is 12.8. The number of carbonyl (C=O) groups is 1. The van der Waals surface area contributed by atoms with Gasteiger partial charge in [-0.2, -0.15) is 0 Å². The summed E-state index contributed by atoms with van der Waals surface area (Å²) in [4.78, 5) is 10.6. The number of rotatable bonds is 5. The van der Waals surface area contributed by atoms with E-state index in [1.54, 1.807) is 0 Å². The van der Waals surface area contributed by atoms with Gasteiger partial charge in [0.25, 0.3) is 0 Å². The summed E-state index contributed by atoms with van der Waals surface area (Å²) >= 11 is 0. The number of benzene rings is 2. The first kappa shape index (κ1) is 12.2. The number of hydrogen-bond donors (Lipinski definition) is 2. The van der Waals surface area contributed by atoms with Crippen molar-refractivity contribution in [1.29, 1.82) is 0 Å². The average molecular weight is 241 g/mol. The Morgan fingerprint density at radius 2 is 1.67 bits per heavy atom. The van der Waals surface area contributed by atoms with Gasteiger partial charge in [0.1, 0.15) is 6.54 Å². The molecule has 18 heavy (non-hydrogen) atoms. The van der Waals surface area contributed by atoms with E-state index < -0.39 is 5.97 Å². The standard InChI is InChI=1S/C15H15NO2/c17-15(18)11-16-14-9-5-4-8-13(14)10-12-6-2-1-3-7-12/h1-9,16H,10-11H2,(H,17,18). The highest BCUT2D eigenvalue weighted by Gasteiger charge is 2.04. The molecule has 2 N–H and O–H groups in total. The molecule has 0 atom stereocenters.